The Balaban J connectivity index is 1.86. The fourth-order valence-corrected chi connectivity index (χ4v) is 3.66. The van der Waals surface area contributed by atoms with Gasteiger partial charge in [0.1, 0.15) is 6.17 Å². The lowest BCUT2D eigenvalue weighted by Gasteiger charge is -2.23. The van der Waals surface area contributed by atoms with Gasteiger partial charge in [-0.25, -0.2) is 0 Å². The Morgan fingerprint density at radius 1 is 1.19 bits per heavy atom. The summed E-state index contributed by atoms with van der Waals surface area (Å²) in [6, 6.07) is 2.12. The maximum atomic E-state index is 12.5. The summed E-state index contributed by atoms with van der Waals surface area (Å²) in [5.74, 6) is 0.280. The smallest absolute Gasteiger partial charge is 0.241 e. The second-order valence-electron chi connectivity index (χ2n) is 5.89. The SMILES string of the molecule is CCCCCCCCN1C(=O)C(CC)NC1c1ccsc1. The van der Waals surface area contributed by atoms with E-state index < -0.39 is 0 Å². The number of hydrogen-bond donors (Lipinski definition) is 1. The van der Waals surface area contributed by atoms with E-state index in [-0.39, 0.29) is 18.1 Å². The summed E-state index contributed by atoms with van der Waals surface area (Å²) in [4.78, 5) is 14.5. The Labute approximate surface area is 132 Å². The monoisotopic (exact) mass is 308 g/mol. The molecule has 1 aliphatic rings. The Morgan fingerprint density at radius 2 is 1.95 bits per heavy atom. The van der Waals surface area contributed by atoms with Crippen molar-refractivity contribution in [3.05, 3.63) is 22.4 Å². The number of carbonyl (C=O) groups is 1. The second kappa shape index (κ2) is 8.54. The van der Waals surface area contributed by atoms with Gasteiger partial charge in [0, 0.05) is 6.54 Å². The quantitative estimate of drug-likeness (QED) is 0.689. The van der Waals surface area contributed by atoms with Crippen LogP contribution < -0.4 is 5.32 Å². The van der Waals surface area contributed by atoms with E-state index in [2.05, 4.69) is 40.9 Å². The topological polar surface area (TPSA) is 32.3 Å². The van der Waals surface area contributed by atoms with Gasteiger partial charge in [0.15, 0.2) is 0 Å². The number of carbonyl (C=O) groups excluding carboxylic acids is 1. The average Bonchev–Trinajstić information content (AvgIpc) is 3.11. The molecule has 4 heteroatoms. The fraction of sp³-hybridized carbons (Fsp3) is 0.706. The van der Waals surface area contributed by atoms with Crippen LogP contribution in [0.15, 0.2) is 16.8 Å². The van der Waals surface area contributed by atoms with Crippen LogP contribution in [0.3, 0.4) is 0 Å². The van der Waals surface area contributed by atoms with Gasteiger partial charge in [0.25, 0.3) is 0 Å². The number of amides is 1. The molecule has 21 heavy (non-hydrogen) atoms. The molecule has 1 amide bonds. The predicted molar refractivity (Wildman–Crippen MR) is 89.4 cm³/mol. The average molecular weight is 308 g/mol. The van der Waals surface area contributed by atoms with E-state index in [1.54, 1.807) is 11.3 Å². The van der Waals surface area contributed by atoms with Crippen molar-refractivity contribution in [3.63, 3.8) is 0 Å². The second-order valence-corrected chi connectivity index (χ2v) is 6.67. The standard InChI is InChI=1S/C17H28N2OS/c1-3-5-6-7-8-9-11-19-16(14-10-12-21-13-14)18-15(4-2)17(19)20/h10,12-13,15-16,18H,3-9,11H2,1-2H3. The van der Waals surface area contributed by atoms with Gasteiger partial charge in [-0.2, -0.15) is 11.3 Å². The Morgan fingerprint density at radius 3 is 2.62 bits per heavy atom. The van der Waals surface area contributed by atoms with E-state index in [1.165, 1.54) is 37.7 Å². The minimum atomic E-state index is -0.00464. The van der Waals surface area contributed by atoms with Crippen LogP contribution in [-0.4, -0.2) is 23.4 Å². The number of thiophene rings is 1. The van der Waals surface area contributed by atoms with Crippen LogP contribution in [0.25, 0.3) is 0 Å². The van der Waals surface area contributed by atoms with Crippen LogP contribution >= 0.6 is 11.3 Å². The van der Waals surface area contributed by atoms with Crippen LogP contribution in [0.5, 0.6) is 0 Å². The highest BCUT2D eigenvalue weighted by atomic mass is 32.1. The molecule has 0 spiro atoms. The summed E-state index contributed by atoms with van der Waals surface area (Å²) in [6.45, 7) is 5.20. The molecule has 2 rings (SSSR count). The highest BCUT2D eigenvalue weighted by Gasteiger charge is 2.38. The van der Waals surface area contributed by atoms with E-state index in [1.807, 2.05) is 0 Å². The van der Waals surface area contributed by atoms with Gasteiger partial charge in [-0.1, -0.05) is 46.0 Å². The van der Waals surface area contributed by atoms with Crippen molar-refractivity contribution in [2.24, 2.45) is 0 Å². The summed E-state index contributed by atoms with van der Waals surface area (Å²) in [5.41, 5.74) is 1.23. The Kier molecular flexibility index (Phi) is 6.71. The van der Waals surface area contributed by atoms with Crippen molar-refractivity contribution in [2.75, 3.05) is 6.54 Å². The van der Waals surface area contributed by atoms with Crippen molar-refractivity contribution in [3.8, 4) is 0 Å². The van der Waals surface area contributed by atoms with Crippen LogP contribution in [0.1, 0.15) is 70.5 Å². The van der Waals surface area contributed by atoms with E-state index in [0.29, 0.717) is 0 Å². The fourth-order valence-electron chi connectivity index (χ4n) is 2.98. The minimum Gasteiger partial charge on any atom is -0.322 e. The van der Waals surface area contributed by atoms with E-state index >= 15 is 0 Å². The van der Waals surface area contributed by atoms with Crippen molar-refractivity contribution in [1.29, 1.82) is 0 Å². The van der Waals surface area contributed by atoms with Crippen LogP contribution in [-0.2, 0) is 4.79 Å². The normalized spacial score (nSPS) is 22.2. The van der Waals surface area contributed by atoms with Crippen molar-refractivity contribution >= 4 is 17.2 Å². The van der Waals surface area contributed by atoms with Gasteiger partial charge in [-0.15, -0.1) is 0 Å². The minimum absolute atomic E-state index is 0.00464. The van der Waals surface area contributed by atoms with E-state index in [9.17, 15) is 4.79 Å². The number of rotatable bonds is 9. The largest absolute Gasteiger partial charge is 0.322 e. The van der Waals surface area contributed by atoms with Gasteiger partial charge in [-0.05, 0) is 35.2 Å². The third-order valence-electron chi connectivity index (χ3n) is 4.27. The first-order valence-electron chi connectivity index (χ1n) is 8.36. The molecule has 1 N–H and O–H groups in total. The zero-order chi connectivity index (χ0) is 15.1. The molecule has 0 bridgehead atoms. The van der Waals surface area contributed by atoms with Gasteiger partial charge in [0.05, 0.1) is 6.04 Å². The molecule has 0 aliphatic carbocycles. The highest BCUT2D eigenvalue weighted by molar-refractivity contribution is 7.07. The molecule has 1 aliphatic heterocycles. The van der Waals surface area contributed by atoms with Gasteiger partial charge in [0.2, 0.25) is 5.91 Å². The number of hydrogen-bond acceptors (Lipinski definition) is 3. The molecule has 2 atom stereocenters. The first kappa shape index (κ1) is 16.5. The molecule has 1 saturated heterocycles. The van der Waals surface area contributed by atoms with E-state index in [4.69, 9.17) is 0 Å². The summed E-state index contributed by atoms with van der Waals surface area (Å²) in [5, 5.41) is 7.72. The molecule has 1 aromatic heterocycles. The maximum absolute atomic E-state index is 12.5. The molecule has 118 valence electrons. The zero-order valence-electron chi connectivity index (χ0n) is 13.3. The van der Waals surface area contributed by atoms with Gasteiger partial charge < -0.3 is 4.90 Å². The van der Waals surface area contributed by atoms with E-state index in [0.717, 1.165) is 19.4 Å². The molecule has 2 heterocycles. The molecule has 2 unspecified atom stereocenters. The van der Waals surface area contributed by atoms with Crippen molar-refractivity contribution < 1.29 is 4.79 Å². The highest BCUT2D eigenvalue weighted by Crippen LogP contribution is 2.28. The van der Waals surface area contributed by atoms with Gasteiger partial charge in [-0.3, -0.25) is 10.1 Å². The lowest BCUT2D eigenvalue weighted by atomic mass is 10.1. The summed E-state index contributed by atoms with van der Waals surface area (Å²) < 4.78 is 0. The third-order valence-corrected chi connectivity index (χ3v) is 4.97. The number of nitrogens with one attached hydrogen (secondary N) is 1. The zero-order valence-corrected chi connectivity index (χ0v) is 14.1. The Hall–Kier alpha value is -0.870. The lowest BCUT2D eigenvalue weighted by molar-refractivity contribution is -0.130. The molecule has 0 aromatic carbocycles. The maximum Gasteiger partial charge on any atom is 0.241 e. The summed E-state index contributed by atoms with van der Waals surface area (Å²) >= 11 is 1.70. The number of nitrogens with zero attached hydrogens (tertiary/aromatic N) is 1. The first-order chi connectivity index (χ1) is 10.3. The lowest BCUT2D eigenvalue weighted by Crippen LogP contribution is -2.31. The third kappa shape index (κ3) is 4.30. The van der Waals surface area contributed by atoms with Crippen molar-refractivity contribution in [1.82, 2.24) is 10.2 Å². The molecule has 0 saturated carbocycles. The van der Waals surface area contributed by atoms with Crippen LogP contribution in [0.2, 0.25) is 0 Å². The van der Waals surface area contributed by atoms with Crippen LogP contribution in [0, 0.1) is 0 Å². The van der Waals surface area contributed by atoms with Crippen LogP contribution in [0.4, 0.5) is 0 Å². The molecule has 1 aromatic rings. The van der Waals surface area contributed by atoms with Crippen molar-refractivity contribution in [2.45, 2.75) is 71.0 Å². The summed E-state index contributed by atoms with van der Waals surface area (Å²) in [7, 11) is 0. The molecular formula is C17H28N2OS. The molecule has 3 nitrogen and oxygen atoms in total. The predicted octanol–water partition coefficient (Wildman–Crippen LogP) is 4.32. The summed E-state index contributed by atoms with van der Waals surface area (Å²) in [6.07, 6.45) is 8.55. The molecular weight excluding hydrogens is 280 g/mol. The first-order valence-corrected chi connectivity index (χ1v) is 9.30. The molecule has 0 radical (unpaired) electrons. The number of unbranched alkanes of at least 4 members (excludes halogenated alkanes) is 5. The Bertz CT molecular complexity index is 418. The molecule has 1 fully saturated rings. The van der Waals surface area contributed by atoms with Gasteiger partial charge >= 0.3 is 0 Å².